The molecule has 0 aromatic heterocycles. The number of rotatable bonds is 9. The van der Waals surface area contributed by atoms with Crippen LogP contribution in [0, 0.1) is 0 Å². The average Bonchev–Trinajstić information content (AvgIpc) is 2.47. The van der Waals surface area contributed by atoms with Crippen LogP contribution in [0.2, 0.25) is 0 Å². The topological polar surface area (TPSA) is 87.3 Å². The normalized spacial score (nSPS) is 12.3. The van der Waals surface area contributed by atoms with Crippen molar-refractivity contribution in [2.45, 2.75) is 31.2 Å². The number of carbonyl (C=O) groups is 1. The number of sulfonamides is 1. The summed E-state index contributed by atoms with van der Waals surface area (Å²) in [6, 6.07) is 7.17. The number of carbonyl (C=O) groups excluding carboxylic acids is 1. The highest BCUT2D eigenvalue weighted by Crippen LogP contribution is 2.07. The third kappa shape index (κ3) is 7.22. The molecule has 0 aliphatic carbocycles. The summed E-state index contributed by atoms with van der Waals surface area (Å²) in [4.78, 5) is 12.0. The van der Waals surface area contributed by atoms with Crippen LogP contribution >= 0.6 is 12.4 Å². The molecule has 6 nitrogen and oxygen atoms in total. The van der Waals surface area contributed by atoms with Crippen LogP contribution in [0.5, 0.6) is 0 Å². The molecule has 1 unspecified atom stereocenters. The summed E-state index contributed by atoms with van der Waals surface area (Å²) in [5, 5.41) is 5.84. The number of hydrogen-bond donors (Lipinski definition) is 3. The molecule has 126 valence electrons. The second kappa shape index (κ2) is 10.6. The molecule has 0 aliphatic rings. The first-order valence-corrected chi connectivity index (χ1v) is 8.51. The largest absolute Gasteiger partial charge is 0.353 e. The maximum absolute atomic E-state index is 12.1. The van der Waals surface area contributed by atoms with Gasteiger partial charge < -0.3 is 10.6 Å². The van der Waals surface area contributed by atoms with E-state index >= 15 is 0 Å². The molecule has 1 atom stereocenters. The van der Waals surface area contributed by atoms with Gasteiger partial charge in [-0.25, -0.2) is 8.42 Å². The van der Waals surface area contributed by atoms with Crippen molar-refractivity contribution < 1.29 is 13.2 Å². The van der Waals surface area contributed by atoms with Crippen molar-refractivity contribution in [2.75, 3.05) is 19.6 Å². The van der Waals surface area contributed by atoms with Crippen molar-refractivity contribution in [1.82, 2.24) is 15.4 Å². The highest BCUT2D eigenvalue weighted by Gasteiger charge is 2.21. The lowest BCUT2D eigenvalue weighted by Crippen LogP contribution is -2.46. The van der Waals surface area contributed by atoms with Crippen LogP contribution in [-0.2, 0) is 14.8 Å². The van der Waals surface area contributed by atoms with E-state index in [1.807, 2.05) is 0 Å². The molecule has 1 rings (SSSR count). The Hall–Kier alpha value is -1.15. The highest BCUT2D eigenvalue weighted by atomic mass is 35.5. The zero-order valence-electron chi connectivity index (χ0n) is 12.8. The maximum atomic E-state index is 12.1. The van der Waals surface area contributed by atoms with Gasteiger partial charge in [0.05, 0.1) is 10.9 Å². The van der Waals surface area contributed by atoms with Gasteiger partial charge in [0.15, 0.2) is 0 Å². The van der Waals surface area contributed by atoms with E-state index in [4.69, 9.17) is 0 Å². The smallest absolute Gasteiger partial charge is 0.241 e. The molecular weight excluding hydrogens is 326 g/mol. The van der Waals surface area contributed by atoms with Crippen molar-refractivity contribution in [1.29, 1.82) is 0 Å². The number of halogens is 1. The summed E-state index contributed by atoms with van der Waals surface area (Å²) in [6.07, 6.45) is 1.03. The third-order valence-corrected chi connectivity index (χ3v) is 4.36. The molecule has 0 radical (unpaired) electrons. The van der Waals surface area contributed by atoms with Gasteiger partial charge in [-0.1, -0.05) is 25.1 Å². The number of benzene rings is 1. The van der Waals surface area contributed by atoms with Crippen molar-refractivity contribution in [3.8, 4) is 0 Å². The predicted molar refractivity (Wildman–Crippen MR) is 89.6 cm³/mol. The van der Waals surface area contributed by atoms with Crippen molar-refractivity contribution in [3.63, 3.8) is 0 Å². The van der Waals surface area contributed by atoms with Crippen molar-refractivity contribution in [2.24, 2.45) is 0 Å². The fourth-order valence-corrected chi connectivity index (χ4v) is 2.91. The molecule has 22 heavy (non-hydrogen) atoms. The average molecular weight is 350 g/mol. The molecule has 3 N–H and O–H groups in total. The summed E-state index contributed by atoms with van der Waals surface area (Å²) in [5.74, 6) is -0.340. The highest BCUT2D eigenvalue weighted by molar-refractivity contribution is 7.89. The fourth-order valence-electron chi connectivity index (χ4n) is 1.68. The number of amides is 1. The minimum Gasteiger partial charge on any atom is -0.353 e. The Morgan fingerprint density at radius 2 is 1.77 bits per heavy atom. The molecule has 1 aromatic rings. The van der Waals surface area contributed by atoms with Crippen LogP contribution < -0.4 is 15.4 Å². The molecule has 8 heteroatoms. The van der Waals surface area contributed by atoms with Crippen LogP contribution in [-0.4, -0.2) is 40.0 Å². The molecule has 0 bridgehead atoms. The van der Waals surface area contributed by atoms with Crippen molar-refractivity contribution >= 4 is 28.3 Å². The molecule has 0 fully saturated rings. The van der Waals surface area contributed by atoms with Gasteiger partial charge in [0.1, 0.15) is 0 Å². The Morgan fingerprint density at radius 3 is 2.36 bits per heavy atom. The van der Waals surface area contributed by atoms with Crippen LogP contribution in [0.1, 0.15) is 20.3 Å². The zero-order chi connectivity index (χ0) is 15.7. The summed E-state index contributed by atoms with van der Waals surface area (Å²) in [6.45, 7) is 5.61. The molecule has 1 amide bonds. The third-order valence-electron chi connectivity index (χ3n) is 2.81. The van der Waals surface area contributed by atoms with E-state index in [0.29, 0.717) is 13.1 Å². The van der Waals surface area contributed by atoms with Crippen LogP contribution in [0.4, 0.5) is 0 Å². The first kappa shape index (κ1) is 20.9. The van der Waals surface area contributed by atoms with E-state index in [9.17, 15) is 13.2 Å². The van der Waals surface area contributed by atoms with Gasteiger partial charge in [-0.05, 0) is 32.0 Å². The first-order chi connectivity index (χ1) is 9.97. The van der Waals surface area contributed by atoms with Gasteiger partial charge in [0.25, 0.3) is 0 Å². The number of nitrogens with one attached hydrogen (secondary N) is 3. The van der Waals surface area contributed by atoms with Gasteiger partial charge in [-0.2, -0.15) is 4.72 Å². The maximum Gasteiger partial charge on any atom is 0.241 e. The fraction of sp³-hybridized carbons (Fsp3) is 0.500. The standard InChI is InChI=1S/C14H23N3O3S.ClH/c1-3-9-15-10-11-16-14(18)12(2)17-21(19,20)13-7-5-4-6-8-13;/h4-8,12,15,17H,3,9-11H2,1-2H3,(H,16,18);1H. The molecule has 0 heterocycles. The van der Waals surface area contributed by atoms with E-state index in [0.717, 1.165) is 13.0 Å². The quantitative estimate of drug-likeness (QED) is 0.578. The molecule has 1 aromatic carbocycles. The Kier molecular flexibility index (Phi) is 10.0. The van der Waals surface area contributed by atoms with E-state index in [2.05, 4.69) is 22.3 Å². The molecule has 0 spiro atoms. The van der Waals surface area contributed by atoms with Crippen LogP contribution in [0.15, 0.2) is 35.2 Å². The Labute approximate surface area is 138 Å². The molecule has 0 saturated heterocycles. The Bertz CT molecular complexity index is 538. The van der Waals surface area contributed by atoms with E-state index in [1.165, 1.54) is 19.1 Å². The molecular formula is C14H24ClN3O3S. The summed E-state index contributed by atoms with van der Waals surface area (Å²) in [5.41, 5.74) is 0. The monoisotopic (exact) mass is 349 g/mol. The summed E-state index contributed by atoms with van der Waals surface area (Å²) < 4.78 is 26.5. The minimum atomic E-state index is -3.67. The Balaban J connectivity index is 0.00000441. The van der Waals surface area contributed by atoms with Gasteiger partial charge >= 0.3 is 0 Å². The second-order valence-corrected chi connectivity index (χ2v) is 6.41. The van der Waals surface area contributed by atoms with Gasteiger partial charge in [0, 0.05) is 13.1 Å². The van der Waals surface area contributed by atoms with Gasteiger partial charge in [0.2, 0.25) is 15.9 Å². The molecule has 0 saturated carbocycles. The van der Waals surface area contributed by atoms with E-state index in [1.54, 1.807) is 18.2 Å². The molecule has 0 aliphatic heterocycles. The van der Waals surface area contributed by atoms with Crippen LogP contribution in [0.25, 0.3) is 0 Å². The first-order valence-electron chi connectivity index (χ1n) is 7.03. The van der Waals surface area contributed by atoms with Gasteiger partial charge in [-0.3, -0.25) is 4.79 Å². The Morgan fingerprint density at radius 1 is 1.14 bits per heavy atom. The van der Waals surface area contributed by atoms with E-state index < -0.39 is 16.1 Å². The predicted octanol–water partition coefficient (Wildman–Crippen LogP) is 0.891. The van der Waals surface area contributed by atoms with E-state index in [-0.39, 0.29) is 23.2 Å². The van der Waals surface area contributed by atoms with Crippen LogP contribution in [0.3, 0.4) is 0 Å². The second-order valence-electron chi connectivity index (χ2n) is 4.70. The lowest BCUT2D eigenvalue weighted by Gasteiger charge is -2.14. The summed E-state index contributed by atoms with van der Waals surface area (Å²) >= 11 is 0. The minimum absolute atomic E-state index is 0. The number of hydrogen-bond acceptors (Lipinski definition) is 4. The zero-order valence-corrected chi connectivity index (χ0v) is 14.5. The van der Waals surface area contributed by atoms with Gasteiger partial charge in [-0.15, -0.1) is 12.4 Å². The lowest BCUT2D eigenvalue weighted by molar-refractivity contribution is -0.122. The SMILES string of the molecule is CCCNCCNC(=O)C(C)NS(=O)(=O)c1ccccc1.Cl. The van der Waals surface area contributed by atoms with Crippen molar-refractivity contribution in [3.05, 3.63) is 30.3 Å². The summed E-state index contributed by atoms with van der Waals surface area (Å²) in [7, 11) is -3.67. The lowest BCUT2D eigenvalue weighted by atomic mass is 10.3.